The molecule has 2 nitrogen and oxygen atoms in total. The number of hydrogen-bond acceptors (Lipinski definition) is 2. The number of hydrogen-bond donors (Lipinski definition) is 0. The highest BCUT2D eigenvalue weighted by Gasteiger charge is 2.20. The van der Waals surface area contributed by atoms with Gasteiger partial charge in [0.2, 0.25) is 0 Å². The second-order valence-electron chi connectivity index (χ2n) is 13.3. The smallest absolute Gasteiger partial charge is 0.144 e. The van der Waals surface area contributed by atoms with Crippen molar-refractivity contribution in [2.75, 3.05) is 0 Å². The molecule has 0 saturated heterocycles. The van der Waals surface area contributed by atoms with Crippen LogP contribution in [0.1, 0.15) is 0 Å². The maximum absolute atomic E-state index is 6.55. The molecule has 0 atom stereocenters. The van der Waals surface area contributed by atoms with Crippen LogP contribution in [-0.4, -0.2) is 4.57 Å². The molecule has 0 radical (unpaired) electrons. The Hall–Kier alpha value is -6.42. The molecule has 8 aromatic carbocycles. The lowest BCUT2D eigenvalue weighted by atomic mass is 9.99. The largest absolute Gasteiger partial charge is 0.455 e. The van der Waals surface area contributed by atoms with Crippen LogP contribution in [0.2, 0.25) is 0 Å². The fourth-order valence-electron chi connectivity index (χ4n) is 7.99. The van der Waals surface area contributed by atoms with Crippen LogP contribution in [-0.2, 0) is 0 Å². The Balaban J connectivity index is 1.12. The van der Waals surface area contributed by atoms with Crippen LogP contribution in [0.15, 0.2) is 180 Å². The van der Waals surface area contributed by atoms with E-state index in [1.165, 1.54) is 75.4 Å². The highest BCUT2D eigenvalue weighted by molar-refractivity contribution is 7.26. The third-order valence-corrected chi connectivity index (χ3v) is 11.6. The summed E-state index contributed by atoms with van der Waals surface area (Å²) in [5.41, 5.74) is 12.7. The molecule has 51 heavy (non-hydrogen) atoms. The number of nitrogens with zero attached hydrogens (tertiary/aromatic N) is 1. The molecule has 0 saturated carbocycles. The van der Waals surface area contributed by atoms with Gasteiger partial charge in [0.05, 0.1) is 11.0 Å². The number of furan rings is 1. The van der Waals surface area contributed by atoms with Gasteiger partial charge in [-0.05, 0) is 82.4 Å². The molecule has 0 spiro atoms. The minimum atomic E-state index is 0.925. The lowest BCUT2D eigenvalue weighted by Gasteiger charge is -2.11. The van der Waals surface area contributed by atoms with Crippen molar-refractivity contribution in [3.63, 3.8) is 0 Å². The summed E-state index contributed by atoms with van der Waals surface area (Å²) in [6.07, 6.45) is 0. The molecule has 0 N–H and O–H groups in total. The van der Waals surface area contributed by atoms with Gasteiger partial charge in [0.25, 0.3) is 0 Å². The Kier molecular flexibility index (Phi) is 6.16. The van der Waals surface area contributed by atoms with Gasteiger partial charge in [-0.25, -0.2) is 0 Å². The lowest BCUT2D eigenvalue weighted by molar-refractivity contribution is 0.673. The SMILES string of the molecule is c1ccc(-c2ccc3c(c2)c2cc(-c4ccccc4)ccc2n3-c2ccc(-c3cc4c5ccccc5oc4c4c3sc3ccccc34)cc2)cc1. The van der Waals surface area contributed by atoms with E-state index in [1.807, 2.05) is 17.4 Å². The molecular formula is C48H29NOS. The molecule has 238 valence electrons. The van der Waals surface area contributed by atoms with Crippen LogP contribution >= 0.6 is 11.3 Å². The van der Waals surface area contributed by atoms with E-state index in [9.17, 15) is 0 Å². The first-order valence-corrected chi connectivity index (χ1v) is 18.2. The van der Waals surface area contributed by atoms with Gasteiger partial charge in [0.15, 0.2) is 0 Å². The number of benzene rings is 8. The minimum Gasteiger partial charge on any atom is -0.455 e. The van der Waals surface area contributed by atoms with Crippen molar-refractivity contribution in [2.45, 2.75) is 0 Å². The average Bonchev–Trinajstić information content (AvgIpc) is 3.87. The molecular weight excluding hydrogens is 639 g/mol. The maximum Gasteiger partial charge on any atom is 0.144 e. The Labute approximate surface area is 298 Å². The van der Waals surface area contributed by atoms with Crippen molar-refractivity contribution in [1.82, 2.24) is 4.57 Å². The first-order valence-electron chi connectivity index (χ1n) is 17.3. The molecule has 0 aliphatic rings. The maximum atomic E-state index is 6.55. The molecule has 11 rings (SSSR count). The molecule has 3 heteroatoms. The van der Waals surface area contributed by atoms with E-state index in [1.54, 1.807) is 0 Å². The van der Waals surface area contributed by atoms with E-state index in [0.717, 1.165) is 27.6 Å². The summed E-state index contributed by atoms with van der Waals surface area (Å²) in [4.78, 5) is 0. The van der Waals surface area contributed by atoms with Crippen LogP contribution in [0.5, 0.6) is 0 Å². The van der Waals surface area contributed by atoms with Gasteiger partial charge < -0.3 is 8.98 Å². The van der Waals surface area contributed by atoms with Crippen molar-refractivity contribution < 1.29 is 4.42 Å². The van der Waals surface area contributed by atoms with Crippen molar-refractivity contribution in [1.29, 1.82) is 0 Å². The molecule has 0 aliphatic heterocycles. The Morgan fingerprint density at radius 3 is 1.65 bits per heavy atom. The molecule has 0 unspecified atom stereocenters. The zero-order valence-electron chi connectivity index (χ0n) is 27.5. The molecule has 3 heterocycles. The van der Waals surface area contributed by atoms with E-state index in [-0.39, 0.29) is 0 Å². The summed E-state index contributed by atoms with van der Waals surface area (Å²) in [7, 11) is 0. The van der Waals surface area contributed by atoms with Gasteiger partial charge in [-0.15, -0.1) is 11.3 Å². The quantitative estimate of drug-likeness (QED) is 0.183. The Morgan fingerprint density at radius 1 is 0.412 bits per heavy atom. The molecule has 0 aliphatic carbocycles. The van der Waals surface area contributed by atoms with Crippen molar-refractivity contribution in [3.05, 3.63) is 176 Å². The van der Waals surface area contributed by atoms with E-state index in [2.05, 4.69) is 174 Å². The first kappa shape index (κ1) is 28.4. The summed E-state index contributed by atoms with van der Waals surface area (Å²) in [6, 6.07) is 63.7. The van der Waals surface area contributed by atoms with Crippen LogP contribution in [0.25, 0.3) is 103 Å². The van der Waals surface area contributed by atoms with E-state index in [4.69, 9.17) is 4.42 Å². The fourth-order valence-corrected chi connectivity index (χ4v) is 9.23. The van der Waals surface area contributed by atoms with Crippen molar-refractivity contribution in [2.24, 2.45) is 0 Å². The van der Waals surface area contributed by atoms with E-state index < -0.39 is 0 Å². The Morgan fingerprint density at radius 2 is 0.980 bits per heavy atom. The summed E-state index contributed by atoms with van der Waals surface area (Å²) in [6.45, 7) is 0. The summed E-state index contributed by atoms with van der Waals surface area (Å²) in [5.74, 6) is 0. The summed E-state index contributed by atoms with van der Waals surface area (Å²) in [5, 5.41) is 7.25. The number of thiophene rings is 1. The van der Waals surface area contributed by atoms with Gasteiger partial charge in [-0.1, -0.05) is 121 Å². The topological polar surface area (TPSA) is 18.1 Å². The minimum absolute atomic E-state index is 0.925. The monoisotopic (exact) mass is 667 g/mol. The highest BCUT2D eigenvalue weighted by atomic mass is 32.1. The number of aromatic nitrogens is 1. The van der Waals surface area contributed by atoms with Crippen molar-refractivity contribution in [3.8, 4) is 39.1 Å². The summed E-state index contributed by atoms with van der Waals surface area (Å²) >= 11 is 1.85. The predicted octanol–water partition coefficient (Wildman–Crippen LogP) is 14.1. The predicted molar refractivity (Wildman–Crippen MR) is 217 cm³/mol. The Bertz CT molecular complexity index is 3010. The molecule has 11 aromatic rings. The van der Waals surface area contributed by atoms with E-state index >= 15 is 0 Å². The number of rotatable bonds is 4. The van der Waals surface area contributed by atoms with Gasteiger partial charge in [0, 0.05) is 53.0 Å². The molecule has 0 amide bonds. The fraction of sp³-hybridized carbons (Fsp3) is 0. The highest BCUT2D eigenvalue weighted by Crippen LogP contribution is 2.47. The first-order chi connectivity index (χ1) is 25.3. The third kappa shape index (κ3) is 4.35. The average molecular weight is 668 g/mol. The lowest BCUT2D eigenvalue weighted by Crippen LogP contribution is -1.94. The second kappa shape index (κ2) is 11.0. The van der Waals surface area contributed by atoms with E-state index in [0.29, 0.717) is 0 Å². The van der Waals surface area contributed by atoms with Crippen molar-refractivity contribution >= 4 is 75.3 Å². The van der Waals surface area contributed by atoms with Gasteiger partial charge >= 0.3 is 0 Å². The molecule has 0 bridgehead atoms. The van der Waals surface area contributed by atoms with Crippen LogP contribution in [0.3, 0.4) is 0 Å². The number of para-hydroxylation sites is 1. The molecule has 0 fully saturated rings. The third-order valence-electron chi connectivity index (χ3n) is 10.4. The van der Waals surface area contributed by atoms with Crippen LogP contribution in [0.4, 0.5) is 0 Å². The molecule has 3 aromatic heterocycles. The number of fused-ring (bicyclic) bond motifs is 10. The van der Waals surface area contributed by atoms with Gasteiger partial charge in [-0.3, -0.25) is 0 Å². The van der Waals surface area contributed by atoms with Crippen LogP contribution in [0, 0.1) is 0 Å². The van der Waals surface area contributed by atoms with Gasteiger partial charge in [-0.2, -0.15) is 0 Å². The standard InChI is InChI=1S/C48H29NOS/c1-3-11-30(12-4-1)33-21-25-42-39(27-33)40-28-34(31-13-5-2-6-14-31)22-26-43(40)49(42)35-23-19-32(20-24-35)38-29-41-36-15-7-9-17-44(36)50-47(41)46-37-16-8-10-18-45(37)51-48(38)46/h1-29H. The second-order valence-corrected chi connectivity index (χ2v) is 14.3. The van der Waals surface area contributed by atoms with Crippen LogP contribution < -0.4 is 0 Å². The zero-order valence-corrected chi connectivity index (χ0v) is 28.3. The summed E-state index contributed by atoms with van der Waals surface area (Å²) < 4.78 is 11.5. The zero-order chi connectivity index (χ0) is 33.5. The normalized spacial score (nSPS) is 11.9. The van der Waals surface area contributed by atoms with Gasteiger partial charge in [0.1, 0.15) is 11.2 Å².